The van der Waals surface area contributed by atoms with E-state index in [9.17, 15) is 0 Å². The Bertz CT molecular complexity index is 12.9. The van der Waals surface area contributed by atoms with Gasteiger partial charge in [0.1, 0.15) is 0 Å². The second-order valence-electron chi connectivity index (χ2n) is 0. The van der Waals surface area contributed by atoms with Gasteiger partial charge in [-0.15, -0.1) is 0 Å². The zero-order chi connectivity index (χ0) is 0. The molecule has 0 aliphatic rings. The molecule has 0 radical (unpaired) electrons. The van der Waals surface area contributed by atoms with Gasteiger partial charge in [-0.05, 0) is 0 Å². The molecular formula is H21K2O10S+. The van der Waals surface area contributed by atoms with Crippen LogP contribution in [0.5, 0.6) is 0 Å². The van der Waals surface area contributed by atoms with Gasteiger partial charge in [-0.3, -0.25) is 0 Å². The van der Waals surface area contributed by atoms with Gasteiger partial charge in [0.15, 0.2) is 0 Å². The van der Waals surface area contributed by atoms with Crippen molar-refractivity contribution in [2.24, 2.45) is 0 Å². The van der Waals surface area contributed by atoms with Gasteiger partial charge in [-0.1, -0.05) is 0 Å². The molecule has 0 rings (SSSR count). The molecule has 0 amide bonds. The molecule has 0 atom stereocenters. The Balaban J connectivity index is 0. The third-order valence-electron chi connectivity index (χ3n) is 0. The van der Waals surface area contributed by atoms with Gasteiger partial charge >= 0.3 is 103 Å². The second-order valence-corrected chi connectivity index (χ2v) is 0. The molecule has 0 aromatic heterocycles. The molecule has 0 spiro atoms. The van der Waals surface area contributed by atoms with Crippen molar-refractivity contribution in [2.75, 3.05) is 0 Å². The first kappa shape index (κ1) is 362. The van der Waals surface area contributed by atoms with Crippen LogP contribution in [-0.2, 0) is 13.5 Å². The number of thiol groups is 1. The van der Waals surface area contributed by atoms with E-state index < -0.39 is 0 Å². The largest absolute Gasteiger partial charge is 1.00 e. The predicted octanol–water partition coefficient (Wildman–Crippen LogP) is -14.5. The Morgan fingerprint density at radius 2 is 0.231 bits per heavy atom. The maximum atomic E-state index is 0. The molecule has 0 saturated heterocycles. The van der Waals surface area contributed by atoms with Crippen molar-refractivity contribution < 1.29 is 158 Å². The van der Waals surface area contributed by atoms with Crippen LogP contribution in [0.25, 0.3) is 0 Å². The third kappa shape index (κ3) is 256. The maximum Gasteiger partial charge on any atom is 1.00 e. The first-order valence-corrected chi connectivity index (χ1v) is 0. The van der Waals surface area contributed by atoms with Crippen molar-refractivity contribution in [3.05, 3.63) is 0 Å². The molecule has 0 saturated carbocycles. The van der Waals surface area contributed by atoms with Crippen LogP contribution in [0.4, 0.5) is 0 Å². The molecule has 0 aromatic carbocycles. The summed E-state index contributed by atoms with van der Waals surface area (Å²) in [6, 6.07) is 0. The molecule has 0 fully saturated rings. The normalized spacial score (nSPS) is 0. The summed E-state index contributed by atoms with van der Waals surface area (Å²) in [6.07, 6.45) is 0. The van der Waals surface area contributed by atoms with Gasteiger partial charge in [0.2, 0.25) is 0 Å². The Kier molecular flexibility index (Phi) is 8260. The molecule has 0 heterocycles. The number of rotatable bonds is 0. The Morgan fingerprint density at radius 1 is 0.231 bits per heavy atom. The zero-order valence-electron chi connectivity index (χ0n) is 7.45. The summed E-state index contributed by atoms with van der Waals surface area (Å²) in [4.78, 5) is 0. The van der Waals surface area contributed by atoms with Crippen molar-refractivity contribution >= 4 is 13.5 Å². The number of hydrogen-bond donors (Lipinski definition) is 0. The predicted molar refractivity (Wildman–Crippen MR) is 44.9 cm³/mol. The fourth-order valence-corrected chi connectivity index (χ4v) is 0. The Hall–Kier alpha value is 3.22. The van der Waals surface area contributed by atoms with Crippen molar-refractivity contribution in [1.82, 2.24) is 0 Å². The first-order chi connectivity index (χ1) is 0. The second kappa shape index (κ2) is 296. The van der Waals surface area contributed by atoms with E-state index in [1.54, 1.807) is 0 Å². The minimum atomic E-state index is 0. The van der Waals surface area contributed by atoms with E-state index in [1.807, 2.05) is 0 Å². The Morgan fingerprint density at radius 3 is 0.231 bits per heavy atom. The molecule has 20 N–H and O–H groups in total. The van der Waals surface area contributed by atoms with Gasteiger partial charge in [0.05, 0.1) is 0 Å². The summed E-state index contributed by atoms with van der Waals surface area (Å²) in [5, 5.41) is 0. The minimum absolute atomic E-state index is 0. The van der Waals surface area contributed by atoms with Crippen LogP contribution in [-0.4, -0.2) is 54.8 Å². The fraction of sp³-hybridized carbons (Fsp3) is 0. The van der Waals surface area contributed by atoms with Crippen LogP contribution in [0.3, 0.4) is 0 Å². The maximum absolute atomic E-state index is 0. The summed E-state index contributed by atoms with van der Waals surface area (Å²) in [5.41, 5.74) is 0. The van der Waals surface area contributed by atoms with Crippen LogP contribution in [0.2, 0.25) is 0 Å². The van der Waals surface area contributed by atoms with Crippen LogP contribution in [0.15, 0.2) is 0 Å². The van der Waals surface area contributed by atoms with Crippen LogP contribution < -0.4 is 103 Å². The van der Waals surface area contributed by atoms with E-state index >= 15 is 0 Å². The van der Waals surface area contributed by atoms with E-state index in [-0.39, 0.29) is 171 Å². The molecule has 0 aromatic rings. The van der Waals surface area contributed by atoms with Gasteiger partial charge < -0.3 is 68.3 Å². The molecule has 10 nitrogen and oxygen atoms in total. The summed E-state index contributed by atoms with van der Waals surface area (Å²) in [5.74, 6) is 0. The quantitative estimate of drug-likeness (QED) is 0.234. The Labute approximate surface area is 167 Å². The smallest absolute Gasteiger partial charge is 0.813 e. The molecule has 13 heteroatoms. The molecule has 0 aliphatic heterocycles. The van der Waals surface area contributed by atoms with Gasteiger partial charge in [0.25, 0.3) is 0 Å². The minimum Gasteiger partial charge on any atom is -0.813 e. The average molecular weight is 291 g/mol. The molecule has 0 bridgehead atoms. The number of hydrogen-bond acceptors (Lipinski definition) is 1. The van der Waals surface area contributed by atoms with Gasteiger partial charge in [-0.2, -0.15) is 0 Å². The molecule has 0 unspecified atom stereocenters. The zero-order valence-corrected chi connectivity index (χ0v) is 14.6. The van der Waals surface area contributed by atoms with E-state index in [2.05, 4.69) is 0 Å². The van der Waals surface area contributed by atoms with Crippen LogP contribution in [0.1, 0.15) is 0 Å². The van der Waals surface area contributed by atoms with E-state index in [0.29, 0.717) is 0 Å². The summed E-state index contributed by atoms with van der Waals surface area (Å²) >= 11 is 0. The standard InChI is InChI=1S/2K.10H2O.H2S/h;;11*1H2/q2*+1;;;;;;;;;;;/p-1. The fourth-order valence-electron chi connectivity index (χ4n) is 0. The molecule has 0 aliphatic carbocycles. The molecule has 88 valence electrons. The van der Waals surface area contributed by atoms with Crippen LogP contribution >= 0.6 is 0 Å². The molecular weight excluding hydrogens is 270 g/mol. The van der Waals surface area contributed by atoms with E-state index in [0.717, 1.165) is 0 Å². The van der Waals surface area contributed by atoms with E-state index in [1.165, 1.54) is 0 Å². The van der Waals surface area contributed by atoms with Crippen molar-refractivity contribution in [2.45, 2.75) is 0 Å². The van der Waals surface area contributed by atoms with Gasteiger partial charge in [-0.25, -0.2) is 0 Å². The monoisotopic (exact) mass is 291 g/mol. The third-order valence-corrected chi connectivity index (χ3v) is 0. The average Bonchev–Trinajstić information content (AvgIpc) is 0. The van der Waals surface area contributed by atoms with Crippen molar-refractivity contribution in [1.29, 1.82) is 0 Å². The van der Waals surface area contributed by atoms with E-state index in [4.69, 9.17) is 0 Å². The van der Waals surface area contributed by atoms with Gasteiger partial charge in [0, 0.05) is 0 Å². The topological polar surface area (TPSA) is 315 Å². The summed E-state index contributed by atoms with van der Waals surface area (Å²) in [6.45, 7) is 0. The summed E-state index contributed by atoms with van der Waals surface area (Å²) in [7, 11) is 0. The van der Waals surface area contributed by atoms with Crippen molar-refractivity contribution in [3.8, 4) is 0 Å². The molecule has 13 heavy (non-hydrogen) atoms. The first-order valence-electron chi connectivity index (χ1n) is 0. The summed E-state index contributed by atoms with van der Waals surface area (Å²) < 4.78 is 0. The SMILES string of the molecule is O.O.O.O.O.O.O.O.O.O.[K+].[K+].[SH-]. The van der Waals surface area contributed by atoms with Crippen LogP contribution in [0, 0.1) is 0 Å². The van der Waals surface area contributed by atoms with Crippen molar-refractivity contribution in [3.63, 3.8) is 0 Å².